The summed E-state index contributed by atoms with van der Waals surface area (Å²) in [7, 11) is 2.12. The van der Waals surface area contributed by atoms with E-state index in [0.717, 1.165) is 31.9 Å². The summed E-state index contributed by atoms with van der Waals surface area (Å²) < 4.78 is 2.27. The van der Waals surface area contributed by atoms with E-state index in [2.05, 4.69) is 22.7 Å². The zero-order chi connectivity index (χ0) is 11.2. The molecule has 2 N–H and O–H groups in total. The Balaban J connectivity index is 1.71. The Morgan fingerprint density at radius 2 is 2.25 bits per heavy atom. The first-order valence-electron chi connectivity index (χ1n) is 6.22. The van der Waals surface area contributed by atoms with Crippen LogP contribution in [0.1, 0.15) is 31.4 Å². The van der Waals surface area contributed by atoms with Gasteiger partial charge in [0, 0.05) is 31.9 Å². The molecule has 1 aromatic rings. The van der Waals surface area contributed by atoms with E-state index in [1.54, 1.807) is 0 Å². The average Bonchev–Trinajstić information content (AvgIpc) is 2.84. The van der Waals surface area contributed by atoms with Crippen LogP contribution >= 0.6 is 0 Å². The lowest BCUT2D eigenvalue weighted by Gasteiger charge is -2.24. The van der Waals surface area contributed by atoms with Gasteiger partial charge in [0.25, 0.3) is 0 Å². The van der Waals surface area contributed by atoms with Gasteiger partial charge >= 0.3 is 0 Å². The Bertz CT molecular complexity index is 392. The minimum atomic E-state index is 0.149. The highest BCUT2D eigenvalue weighted by molar-refractivity contribution is 5.34. The van der Waals surface area contributed by atoms with E-state index >= 15 is 0 Å². The second kappa shape index (κ2) is 3.48. The maximum Gasteiger partial charge on any atom is 0.205 e. The Labute approximate surface area is 96.4 Å². The van der Waals surface area contributed by atoms with Crippen molar-refractivity contribution in [1.29, 1.82) is 0 Å². The molecule has 0 saturated heterocycles. The van der Waals surface area contributed by atoms with Crippen molar-refractivity contribution >= 4 is 5.95 Å². The summed E-state index contributed by atoms with van der Waals surface area (Å²) >= 11 is 0. The van der Waals surface area contributed by atoms with Crippen LogP contribution in [0.15, 0.2) is 6.20 Å². The van der Waals surface area contributed by atoms with E-state index in [9.17, 15) is 0 Å². The molecule has 0 radical (unpaired) electrons. The molecule has 1 saturated carbocycles. The molecule has 0 atom stereocenters. The smallest absolute Gasteiger partial charge is 0.205 e. The van der Waals surface area contributed by atoms with Crippen molar-refractivity contribution in [2.75, 3.05) is 18.5 Å². The molecule has 4 nitrogen and oxygen atoms in total. The Kier molecular flexibility index (Phi) is 2.21. The van der Waals surface area contributed by atoms with Crippen molar-refractivity contribution in [3.05, 3.63) is 11.9 Å². The van der Waals surface area contributed by atoms with Gasteiger partial charge in [-0.05, 0) is 32.1 Å². The highest BCUT2D eigenvalue weighted by atomic mass is 15.3. The minimum absolute atomic E-state index is 0.149. The first kappa shape index (κ1) is 10.1. The van der Waals surface area contributed by atoms with Crippen LogP contribution in [0.3, 0.4) is 0 Å². The fraction of sp³-hybridized carbons (Fsp3) is 0.750. The van der Waals surface area contributed by atoms with Crippen molar-refractivity contribution in [2.45, 2.75) is 44.2 Å². The molecule has 0 spiro atoms. The lowest BCUT2D eigenvalue weighted by molar-refractivity contribution is 0.579. The Morgan fingerprint density at radius 1 is 1.44 bits per heavy atom. The van der Waals surface area contributed by atoms with Gasteiger partial charge in [0.2, 0.25) is 5.95 Å². The number of rotatable bonds is 3. The Morgan fingerprint density at radius 3 is 2.94 bits per heavy atom. The number of aryl methyl sites for hydroxylation is 2. The maximum atomic E-state index is 6.10. The molecule has 0 amide bonds. The monoisotopic (exact) mass is 220 g/mol. The lowest BCUT2D eigenvalue weighted by Crippen LogP contribution is -2.28. The lowest BCUT2D eigenvalue weighted by atomic mass is 10.1. The number of nitrogens with zero attached hydrogens (tertiary/aromatic N) is 3. The van der Waals surface area contributed by atoms with Crippen molar-refractivity contribution in [3.8, 4) is 0 Å². The third-order valence-electron chi connectivity index (χ3n) is 3.81. The van der Waals surface area contributed by atoms with Gasteiger partial charge in [0.05, 0.1) is 5.69 Å². The summed E-state index contributed by atoms with van der Waals surface area (Å²) in [6.45, 7) is 2.23. The number of nitrogens with two attached hydrogens (primary N) is 1. The van der Waals surface area contributed by atoms with Crippen LogP contribution in [0, 0.1) is 0 Å². The molecule has 1 aliphatic carbocycles. The summed E-state index contributed by atoms with van der Waals surface area (Å²) in [6, 6.07) is 0. The van der Waals surface area contributed by atoms with Crippen LogP contribution in [-0.2, 0) is 13.0 Å². The van der Waals surface area contributed by atoms with Gasteiger partial charge in [0.1, 0.15) is 0 Å². The van der Waals surface area contributed by atoms with E-state index in [-0.39, 0.29) is 5.54 Å². The zero-order valence-electron chi connectivity index (χ0n) is 9.95. The summed E-state index contributed by atoms with van der Waals surface area (Å²) in [5, 5.41) is 0. The van der Waals surface area contributed by atoms with E-state index in [4.69, 9.17) is 10.7 Å². The quantitative estimate of drug-likeness (QED) is 0.831. The van der Waals surface area contributed by atoms with Gasteiger partial charge in [-0.2, -0.15) is 0 Å². The van der Waals surface area contributed by atoms with Crippen molar-refractivity contribution < 1.29 is 0 Å². The van der Waals surface area contributed by atoms with Crippen molar-refractivity contribution in [3.63, 3.8) is 0 Å². The average molecular weight is 220 g/mol. The van der Waals surface area contributed by atoms with Gasteiger partial charge in [0.15, 0.2) is 0 Å². The van der Waals surface area contributed by atoms with Crippen LogP contribution in [0.4, 0.5) is 5.95 Å². The van der Waals surface area contributed by atoms with Gasteiger partial charge < -0.3 is 15.2 Å². The first-order chi connectivity index (χ1) is 7.66. The summed E-state index contributed by atoms with van der Waals surface area (Å²) in [4.78, 5) is 6.93. The second-order valence-electron chi connectivity index (χ2n) is 5.36. The maximum absolute atomic E-state index is 6.10. The van der Waals surface area contributed by atoms with Gasteiger partial charge in [-0.3, -0.25) is 0 Å². The molecule has 0 aromatic carbocycles. The van der Waals surface area contributed by atoms with Gasteiger partial charge in [-0.15, -0.1) is 0 Å². The molecule has 2 aliphatic rings. The minimum Gasteiger partial charge on any atom is -0.345 e. The van der Waals surface area contributed by atoms with E-state index in [1.807, 2.05) is 0 Å². The molecular weight excluding hydrogens is 200 g/mol. The van der Waals surface area contributed by atoms with Crippen LogP contribution in [0.2, 0.25) is 0 Å². The molecule has 16 heavy (non-hydrogen) atoms. The largest absolute Gasteiger partial charge is 0.345 e. The van der Waals surface area contributed by atoms with Crippen molar-refractivity contribution in [2.24, 2.45) is 5.73 Å². The third kappa shape index (κ3) is 1.82. The summed E-state index contributed by atoms with van der Waals surface area (Å²) in [6.07, 6.45) is 7.94. The highest BCUT2D eigenvalue weighted by Crippen LogP contribution is 2.36. The topological polar surface area (TPSA) is 47.1 Å². The fourth-order valence-corrected chi connectivity index (χ4v) is 2.41. The highest BCUT2D eigenvalue weighted by Gasteiger charge is 2.37. The van der Waals surface area contributed by atoms with E-state index in [0.29, 0.717) is 0 Å². The number of aromatic nitrogens is 2. The van der Waals surface area contributed by atoms with Crippen LogP contribution in [0.5, 0.6) is 0 Å². The fourth-order valence-electron chi connectivity index (χ4n) is 2.41. The Hall–Kier alpha value is -1.03. The molecular formula is C12H20N4. The van der Waals surface area contributed by atoms with Crippen molar-refractivity contribution in [1.82, 2.24) is 9.55 Å². The zero-order valence-corrected chi connectivity index (χ0v) is 9.95. The first-order valence-corrected chi connectivity index (χ1v) is 6.22. The van der Waals surface area contributed by atoms with Gasteiger partial charge in [-0.1, -0.05) is 0 Å². The molecule has 2 heterocycles. The van der Waals surface area contributed by atoms with Crippen LogP contribution in [-0.4, -0.2) is 28.7 Å². The van der Waals surface area contributed by atoms with Gasteiger partial charge in [-0.25, -0.2) is 4.98 Å². The standard InChI is InChI=1S/C12H20N4/c1-15-7-2-8-16-9-10(14-11(15)16)3-4-12(13)5-6-12/h9H,2-8,13H2,1H3. The van der Waals surface area contributed by atoms with Crippen LogP contribution in [0.25, 0.3) is 0 Å². The molecule has 3 rings (SSSR count). The molecule has 1 aromatic heterocycles. The van der Waals surface area contributed by atoms with E-state index in [1.165, 1.54) is 25.0 Å². The molecule has 88 valence electrons. The predicted octanol–water partition coefficient (Wildman–Crippen LogP) is 1.15. The molecule has 1 aliphatic heterocycles. The number of fused-ring (bicyclic) bond motifs is 1. The number of imidazole rings is 1. The van der Waals surface area contributed by atoms with Crippen LogP contribution < -0.4 is 10.6 Å². The predicted molar refractivity (Wildman–Crippen MR) is 64.6 cm³/mol. The number of hydrogen-bond acceptors (Lipinski definition) is 3. The SMILES string of the molecule is CN1CCCn2cc(CCC3(N)CC3)nc21. The third-order valence-corrected chi connectivity index (χ3v) is 3.81. The molecule has 4 heteroatoms. The molecule has 1 fully saturated rings. The molecule has 0 bridgehead atoms. The molecule has 0 unspecified atom stereocenters. The summed E-state index contributed by atoms with van der Waals surface area (Å²) in [5.41, 5.74) is 7.46. The summed E-state index contributed by atoms with van der Waals surface area (Å²) in [5.74, 6) is 1.13. The second-order valence-corrected chi connectivity index (χ2v) is 5.36. The number of anilines is 1. The van der Waals surface area contributed by atoms with E-state index < -0.39 is 0 Å². The number of hydrogen-bond donors (Lipinski definition) is 1. The normalized spacial score (nSPS) is 22.0.